The van der Waals surface area contributed by atoms with Gasteiger partial charge in [-0.25, -0.2) is 0 Å². The molecule has 1 aromatic rings. The van der Waals surface area contributed by atoms with Crippen LogP contribution in [0.3, 0.4) is 0 Å². The van der Waals surface area contributed by atoms with Crippen molar-refractivity contribution >= 4 is 39.1 Å². The molecule has 1 aliphatic rings. The molecule has 1 aromatic heterocycles. The number of hydrogen-bond acceptors (Lipinski definition) is 3. The second-order valence-corrected chi connectivity index (χ2v) is 6.55. The van der Waals surface area contributed by atoms with E-state index in [-0.39, 0.29) is 17.9 Å². The molecule has 0 saturated carbocycles. The summed E-state index contributed by atoms with van der Waals surface area (Å²) in [6.45, 7) is 4.26. The summed E-state index contributed by atoms with van der Waals surface area (Å²) in [4.78, 5) is 27.1. The van der Waals surface area contributed by atoms with E-state index in [1.165, 1.54) is 0 Å². The molecule has 0 bridgehead atoms. The Morgan fingerprint density at radius 3 is 2.79 bits per heavy atom. The number of carbonyl (C=O) groups excluding carboxylic acids is 2. The predicted octanol–water partition coefficient (Wildman–Crippen LogP) is 2.53. The van der Waals surface area contributed by atoms with Crippen molar-refractivity contribution in [3.05, 3.63) is 20.8 Å². The zero-order valence-corrected chi connectivity index (χ0v) is 13.4. The Kier molecular flexibility index (Phi) is 4.62. The molecule has 2 atom stereocenters. The summed E-state index contributed by atoms with van der Waals surface area (Å²) in [6.07, 6.45) is 1.58. The van der Waals surface area contributed by atoms with Crippen molar-refractivity contribution in [2.75, 3.05) is 0 Å². The first kappa shape index (κ1) is 14.5. The molecule has 104 valence electrons. The second-order valence-electron chi connectivity index (χ2n) is 4.69. The molecule has 1 fully saturated rings. The number of piperazine rings is 1. The largest absolute Gasteiger partial charge is 0.343 e. The molecule has 4 nitrogen and oxygen atoms in total. The number of rotatable bonds is 4. The molecule has 1 aliphatic heterocycles. The lowest BCUT2D eigenvalue weighted by atomic mass is 10.0. The SMILES string of the molecule is CCCC1C(=O)NC(C)C(=O)N1Cc1sccc1Br. The number of hydrogen-bond donors (Lipinski definition) is 1. The Balaban J connectivity index is 2.23. The van der Waals surface area contributed by atoms with E-state index in [0.29, 0.717) is 13.0 Å². The van der Waals surface area contributed by atoms with Gasteiger partial charge in [0.2, 0.25) is 11.8 Å². The van der Waals surface area contributed by atoms with Gasteiger partial charge in [-0.3, -0.25) is 9.59 Å². The number of thiophene rings is 1. The number of nitrogens with one attached hydrogen (secondary N) is 1. The van der Waals surface area contributed by atoms with Crippen molar-refractivity contribution in [1.29, 1.82) is 0 Å². The lowest BCUT2D eigenvalue weighted by Crippen LogP contribution is -2.61. The van der Waals surface area contributed by atoms with Crippen molar-refractivity contribution < 1.29 is 9.59 Å². The second kappa shape index (κ2) is 6.05. The monoisotopic (exact) mass is 344 g/mol. The molecule has 2 rings (SSSR count). The fourth-order valence-corrected chi connectivity index (χ4v) is 3.73. The van der Waals surface area contributed by atoms with Crippen LogP contribution < -0.4 is 5.32 Å². The molecule has 2 amide bonds. The topological polar surface area (TPSA) is 49.4 Å². The third-order valence-corrected chi connectivity index (χ3v) is 5.17. The molecule has 1 saturated heterocycles. The van der Waals surface area contributed by atoms with Crippen LogP contribution in [0.1, 0.15) is 31.6 Å². The van der Waals surface area contributed by atoms with E-state index in [4.69, 9.17) is 0 Å². The smallest absolute Gasteiger partial charge is 0.245 e. The minimum atomic E-state index is -0.431. The Morgan fingerprint density at radius 1 is 1.47 bits per heavy atom. The van der Waals surface area contributed by atoms with Gasteiger partial charge in [0.25, 0.3) is 0 Å². The van der Waals surface area contributed by atoms with Gasteiger partial charge in [-0.1, -0.05) is 13.3 Å². The van der Waals surface area contributed by atoms with E-state index < -0.39 is 6.04 Å². The van der Waals surface area contributed by atoms with Crippen LogP contribution in [0.2, 0.25) is 0 Å². The molecule has 2 unspecified atom stereocenters. The molecule has 6 heteroatoms. The first-order chi connectivity index (χ1) is 9.04. The Labute approximate surface area is 125 Å². The van der Waals surface area contributed by atoms with E-state index in [0.717, 1.165) is 15.8 Å². The van der Waals surface area contributed by atoms with Gasteiger partial charge in [0, 0.05) is 9.35 Å². The molecule has 0 spiro atoms. The van der Waals surface area contributed by atoms with Gasteiger partial charge in [-0.15, -0.1) is 11.3 Å². The Morgan fingerprint density at radius 2 is 2.21 bits per heavy atom. The molecule has 2 heterocycles. The van der Waals surface area contributed by atoms with Gasteiger partial charge < -0.3 is 10.2 Å². The van der Waals surface area contributed by atoms with Crippen molar-refractivity contribution in [3.8, 4) is 0 Å². The van der Waals surface area contributed by atoms with Crippen LogP contribution in [-0.4, -0.2) is 28.8 Å². The number of carbonyl (C=O) groups is 2. The molecule has 0 aliphatic carbocycles. The van der Waals surface area contributed by atoms with Crippen LogP contribution in [0.25, 0.3) is 0 Å². The van der Waals surface area contributed by atoms with Crippen LogP contribution in [-0.2, 0) is 16.1 Å². The van der Waals surface area contributed by atoms with Crippen LogP contribution in [0, 0.1) is 0 Å². The summed E-state index contributed by atoms with van der Waals surface area (Å²) in [5.41, 5.74) is 0. The van der Waals surface area contributed by atoms with E-state index in [1.807, 2.05) is 18.4 Å². The standard InChI is InChI=1S/C13H17BrN2O2S/c1-3-4-10-12(17)15-8(2)13(18)16(10)7-11-9(14)5-6-19-11/h5-6,8,10H,3-4,7H2,1-2H3,(H,15,17). The minimum absolute atomic E-state index is 0.00153. The van der Waals surface area contributed by atoms with E-state index in [2.05, 4.69) is 21.2 Å². The van der Waals surface area contributed by atoms with Gasteiger partial charge in [-0.2, -0.15) is 0 Å². The van der Waals surface area contributed by atoms with Gasteiger partial charge in [0.1, 0.15) is 12.1 Å². The summed E-state index contributed by atoms with van der Waals surface area (Å²) < 4.78 is 0.999. The molecule has 1 N–H and O–H groups in total. The molecule has 19 heavy (non-hydrogen) atoms. The Bertz CT molecular complexity index is 489. The molecular weight excluding hydrogens is 328 g/mol. The normalized spacial score (nSPS) is 23.6. The van der Waals surface area contributed by atoms with Crippen LogP contribution in [0.4, 0.5) is 0 Å². The maximum Gasteiger partial charge on any atom is 0.245 e. The third-order valence-electron chi connectivity index (χ3n) is 3.26. The fraction of sp³-hybridized carbons (Fsp3) is 0.538. The quantitative estimate of drug-likeness (QED) is 0.912. The average molecular weight is 345 g/mol. The number of nitrogens with zero attached hydrogens (tertiary/aromatic N) is 1. The van der Waals surface area contributed by atoms with Crippen molar-refractivity contribution in [2.45, 2.75) is 45.3 Å². The minimum Gasteiger partial charge on any atom is -0.343 e. The first-order valence-electron chi connectivity index (χ1n) is 6.37. The molecular formula is C13H17BrN2O2S. The zero-order chi connectivity index (χ0) is 14.0. The number of halogens is 1. The Hall–Kier alpha value is -0.880. The highest BCUT2D eigenvalue weighted by atomic mass is 79.9. The summed E-state index contributed by atoms with van der Waals surface area (Å²) in [6, 6.07) is 1.19. The van der Waals surface area contributed by atoms with Gasteiger partial charge in [0.05, 0.1) is 6.54 Å². The summed E-state index contributed by atoms with van der Waals surface area (Å²) >= 11 is 5.07. The van der Waals surface area contributed by atoms with Gasteiger partial charge in [-0.05, 0) is 40.7 Å². The van der Waals surface area contributed by atoms with E-state index >= 15 is 0 Å². The lowest BCUT2D eigenvalue weighted by Gasteiger charge is -2.37. The third kappa shape index (κ3) is 3.00. The maximum atomic E-state index is 12.3. The fourth-order valence-electron chi connectivity index (χ4n) is 2.26. The lowest BCUT2D eigenvalue weighted by molar-refractivity contribution is -0.149. The van der Waals surface area contributed by atoms with Crippen LogP contribution in [0.15, 0.2) is 15.9 Å². The van der Waals surface area contributed by atoms with E-state index in [1.54, 1.807) is 23.2 Å². The predicted molar refractivity (Wildman–Crippen MR) is 78.9 cm³/mol. The van der Waals surface area contributed by atoms with Crippen molar-refractivity contribution in [2.24, 2.45) is 0 Å². The van der Waals surface area contributed by atoms with Crippen LogP contribution >= 0.6 is 27.3 Å². The van der Waals surface area contributed by atoms with E-state index in [9.17, 15) is 9.59 Å². The zero-order valence-electron chi connectivity index (χ0n) is 11.0. The molecule has 0 radical (unpaired) electrons. The summed E-state index contributed by atoms with van der Waals surface area (Å²) in [7, 11) is 0. The summed E-state index contributed by atoms with van der Waals surface area (Å²) in [5, 5.41) is 4.73. The highest BCUT2D eigenvalue weighted by Gasteiger charge is 2.38. The molecule has 0 aromatic carbocycles. The highest BCUT2D eigenvalue weighted by molar-refractivity contribution is 9.10. The first-order valence-corrected chi connectivity index (χ1v) is 8.04. The maximum absolute atomic E-state index is 12.3. The van der Waals surface area contributed by atoms with Gasteiger partial charge in [0.15, 0.2) is 0 Å². The number of amides is 2. The summed E-state index contributed by atoms with van der Waals surface area (Å²) in [5.74, 6) is -0.0417. The van der Waals surface area contributed by atoms with Crippen molar-refractivity contribution in [1.82, 2.24) is 10.2 Å². The average Bonchev–Trinajstić information content (AvgIpc) is 2.76. The van der Waals surface area contributed by atoms with Gasteiger partial charge >= 0.3 is 0 Å². The van der Waals surface area contributed by atoms with Crippen LogP contribution in [0.5, 0.6) is 0 Å². The van der Waals surface area contributed by atoms with Crippen molar-refractivity contribution in [3.63, 3.8) is 0 Å². The highest BCUT2D eigenvalue weighted by Crippen LogP contribution is 2.27.